The molecule has 1 saturated heterocycles. The number of nitrogens with zero attached hydrogens (tertiary/aromatic N) is 4. The van der Waals surface area contributed by atoms with Gasteiger partial charge in [-0.25, -0.2) is 4.98 Å². The Kier molecular flexibility index (Phi) is 5.16. The second-order valence-corrected chi connectivity index (χ2v) is 7.75. The zero-order valence-electron chi connectivity index (χ0n) is 16.3. The van der Waals surface area contributed by atoms with E-state index in [0.717, 1.165) is 43.0 Å². The number of H-pyrrole nitrogens is 1. The monoisotopic (exact) mass is 379 g/mol. The first-order chi connectivity index (χ1) is 13.5. The molecule has 7 nitrogen and oxygen atoms in total. The van der Waals surface area contributed by atoms with Crippen LogP contribution < -0.4 is 10.5 Å². The molecule has 0 aliphatic carbocycles. The summed E-state index contributed by atoms with van der Waals surface area (Å²) in [7, 11) is 0. The number of rotatable bonds is 3. The van der Waals surface area contributed by atoms with E-state index < -0.39 is 0 Å². The molecule has 0 saturated carbocycles. The molecule has 0 amide bonds. The predicted octanol–water partition coefficient (Wildman–Crippen LogP) is 1.81. The molecule has 1 N–H and O–H groups in total. The number of hydrogen-bond donors (Lipinski definition) is 1. The summed E-state index contributed by atoms with van der Waals surface area (Å²) in [5, 5.41) is 8.94. The maximum atomic E-state index is 12.6. The van der Waals surface area contributed by atoms with Gasteiger partial charge in [-0.3, -0.25) is 14.7 Å². The van der Waals surface area contributed by atoms with Crippen LogP contribution in [0.1, 0.15) is 36.2 Å². The summed E-state index contributed by atoms with van der Waals surface area (Å²) in [6.45, 7) is 7.78. The van der Waals surface area contributed by atoms with Crippen LogP contribution >= 0.6 is 0 Å². The van der Waals surface area contributed by atoms with Crippen molar-refractivity contribution in [3.05, 3.63) is 57.0 Å². The molecule has 2 aliphatic rings. The predicted molar refractivity (Wildman–Crippen MR) is 106 cm³/mol. The Hall–Kier alpha value is -2.69. The van der Waals surface area contributed by atoms with E-state index in [2.05, 4.69) is 20.9 Å². The van der Waals surface area contributed by atoms with Gasteiger partial charge in [0.2, 0.25) is 5.95 Å². The summed E-state index contributed by atoms with van der Waals surface area (Å²) < 4.78 is 5.79. The molecule has 4 rings (SSSR count). The largest absolute Gasteiger partial charge is 0.372 e. The fourth-order valence-electron chi connectivity index (χ4n) is 4.06. The summed E-state index contributed by atoms with van der Waals surface area (Å²) in [5.74, 6) is 0.644. The van der Waals surface area contributed by atoms with Crippen LogP contribution in [-0.2, 0) is 24.2 Å². The number of morpholine rings is 1. The van der Waals surface area contributed by atoms with Crippen LogP contribution in [0.5, 0.6) is 0 Å². The van der Waals surface area contributed by atoms with Gasteiger partial charge in [-0.15, -0.1) is 0 Å². The van der Waals surface area contributed by atoms with E-state index in [1.165, 1.54) is 0 Å². The lowest BCUT2D eigenvalue weighted by molar-refractivity contribution is -0.00576. The third-order valence-corrected chi connectivity index (χ3v) is 5.35. The second kappa shape index (κ2) is 7.74. The minimum Gasteiger partial charge on any atom is -0.372 e. The molecule has 0 spiro atoms. The summed E-state index contributed by atoms with van der Waals surface area (Å²) >= 11 is 0. The molecule has 3 heterocycles. The molecule has 2 aromatic rings. The molecule has 1 aromatic carbocycles. The molecule has 1 fully saturated rings. The van der Waals surface area contributed by atoms with Gasteiger partial charge >= 0.3 is 0 Å². The fourth-order valence-corrected chi connectivity index (χ4v) is 4.06. The molecule has 28 heavy (non-hydrogen) atoms. The van der Waals surface area contributed by atoms with Crippen molar-refractivity contribution < 1.29 is 4.74 Å². The number of aromatic nitrogens is 2. The summed E-state index contributed by atoms with van der Waals surface area (Å²) in [5.41, 5.74) is 3.47. The van der Waals surface area contributed by atoms with Gasteiger partial charge < -0.3 is 9.64 Å². The standard InChI is InChI=1S/C21H25N5O2/c1-14-10-26(11-15(2)28-14)21-23-19-13-25(8-7-18(19)20(27)24-21)12-17-5-3-16(9-22)4-6-17/h3-6,14-15H,7-8,10-13H2,1-2H3,(H,23,24,27). The lowest BCUT2D eigenvalue weighted by Gasteiger charge is -2.36. The van der Waals surface area contributed by atoms with Crippen molar-refractivity contribution in [2.45, 2.75) is 45.6 Å². The quantitative estimate of drug-likeness (QED) is 0.876. The number of hydrogen-bond acceptors (Lipinski definition) is 6. The van der Waals surface area contributed by atoms with Gasteiger partial charge in [-0.1, -0.05) is 12.1 Å². The normalized spacial score (nSPS) is 22.5. The number of fused-ring (bicyclic) bond motifs is 1. The lowest BCUT2D eigenvalue weighted by Crippen LogP contribution is -2.47. The molecule has 7 heteroatoms. The Bertz CT molecular complexity index is 937. The SMILES string of the molecule is CC1CN(c2nc3c(c(=O)[nH]2)CCN(Cc2ccc(C#N)cc2)C3)CC(C)O1. The van der Waals surface area contributed by atoms with Crippen LogP contribution in [-0.4, -0.2) is 46.7 Å². The highest BCUT2D eigenvalue weighted by Crippen LogP contribution is 2.21. The van der Waals surface area contributed by atoms with E-state index in [-0.39, 0.29) is 17.8 Å². The fraction of sp³-hybridized carbons (Fsp3) is 0.476. The van der Waals surface area contributed by atoms with E-state index in [4.69, 9.17) is 15.0 Å². The maximum absolute atomic E-state index is 12.6. The summed E-state index contributed by atoms with van der Waals surface area (Å²) in [6.07, 6.45) is 0.917. The van der Waals surface area contributed by atoms with E-state index in [1.54, 1.807) is 0 Å². The van der Waals surface area contributed by atoms with Crippen LogP contribution in [0, 0.1) is 11.3 Å². The summed E-state index contributed by atoms with van der Waals surface area (Å²) in [4.78, 5) is 24.8. The number of nitriles is 1. The topological polar surface area (TPSA) is 85.3 Å². The number of benzene rings is 1. The molecule has 0 radical (unpaired) electrons. The molecular formula is C21H25N5O2. The molecule has 146 valence electrons. The average Bonchev–Trinajstić information content (AvgIpc) is 2.67. The summed E-state index contributed by atoms with van der Waals surface area (Å²) in [6, 6.07) is 9.80. The Morgan fingerprint density at radius 2 is 1.96 bits per heavy atom. The van der Waals surface area contributed by atoms with Gasteiger partial charge in [-0.05, 0) is 38.0 Å². The molecule has 1 aromatic heterocycles. The Morgan fingerprint density at radius 1 is 1.25 bits per heavy atom. The van der Waals surface area contributed by atoms with Crippen LogP contribution in [0.4, 0.5) is 5.95 Å². The zero-order valence-corrected chi connectivity index (χ0v) is 16.3. The van der Waals surface area contributed by atoms with Crippen LogP contribution in [0.25, 0.3) is 0 Å². The first kappa shape index (κ1) is 18.7. The zero-order chi connectivity index (χ0) is 19.7. The highest BCUT2D eigenvalue weighted by molar-refractivity contribution is 5.36. The van der Waals surface area contributed by atoms with Gasteiger partial charge in [-0.2, -0.15) is 5.26 Å². The van der Waals surface area contributed by atoms with Crippen molar-refractivity contribution in [1.29, 1.82) is 5.26 Å². The Balaban J connectivity index is 1.53. The number of nitrogens with one attached hydrogen (secondary N) is 1. The van der Waals surface area contributed by atoms with Crippen LogP contribution in [0.3, 0.4) is 0 Å². The highest BCUT2D eigenvalue weighted by Gasteiger charge is 2.26. The molecule has 2 aliphatic heterocycles. The molecule has 2 unspecified atom stereocenters. The third-order valence-electron chi connectivity index (χ3n) is 5.35. The third kappa shape index (κ3) is 3.93. The van der Waals surface area contributed by atoms with E-state index >= 15 is 0 Å². The highest BCUT2D eigenvalue weighted by atomic mass is 16.5. The molecule has 0 bridgehead atoms. The van der Waals surface area contributed by atoms with Crippen LogP contribution in [0.2, 0.25) is 0 Å². The lowest BCUT2D eigenvalue weighted by atomic mass is 10.1. The molecule has 2 atom stereocenters. The van der Waals surface area contributed by atoms with Gasteiger partial charge in [0.05, 0.1) is 29.5 Å². The minimum atomic E-state index is -0.0233. The van der Waals surface area contributed by atoms with Crippen molar-refractivity contribution in [2.75, 3.05) is 24.5 Å². The first-order valence-corrected chi connectivity index (χ1v) is 9.75. The van der Waals surface area contributed by atoms with Gasteiger partial charge in [0, 0.05) is 38.3 Å². The number of anilines is 1. The van der Waals surface area contributed by atoms with Crippen molar-refractivity contribution in [3.8, 4) is 6.07 Å². The second-order valence-electron chi connectivity index (χ2n) is 7.75. The van der Waals surface area contributed by atoms with Gasteiger partial charge in [0.15, 0.2) is 0 Å². The van der Waals surface area contributed by atoms with E-state index in [1.807, 2.05) is 38.1 Å². The van der Waals surface area contributed by atoms with Gasteiger partial charge in [0.1, 0.15) is 0 Å². The van der Waals surface area contributed by atoms with Crippen molar-refractivity contribution in [1.82, 2.24) is 14.9 Å². The number of aromatic amines is 1. The van der Waals surface area contributed by atoms with Crippen molar-refractivity contribution in [3.63, 3.8) is 0 Å². The van der Waals surface area contributed by atoms with Crippen LogP contribution in [0.15, 0.2) is 29.1 Å². The van der Waals surface area contributed by atoms with Crippen molar-refractivity contribution >= 4 is 5.95 Å². The molecular weight excluding hydrogens is 354 g/mol. The van der Waals surface area contributed by atoms with E-state index in [0.29, 0.717) is 24.5 Å². The van der Waals surface area contributed by atoms with Gasteiger partial charge in [0.25, 0.3) is 5.56 Å². The smallest absolute Gasteiger partial charge is 0.255 e. The first-order valence-electron chi connectivity index (χ1n) is 9.75. The van der Waals surface area contributed by atoms with E-state index in [9.17, 15) is 4.79 Å². The maximum Gasteiger partial charge on any atom is 0.255 e. The van der Waals surface area contributed by atoms with Crippen molar-refractivity contribution in [2.24, 2.45) is 0 Å². The Labute approximate surface area is 164 Å². The average molecular weight is 379 g/mol. The Morgan fingerprint density at radius 3 is 2.64 bits per heavy atom. The number of ether oxygens (including phenoxy) is 1. The minimum absolute atomic E-state index is 0.0233.